The van der Waals surface area contributed by atoms with Crippen LogP contribution in [-0.4, -0.2) is 0 Å². The predicted molar refractivity (Wildman–Crippen MR) is 35.7 cm³/mol. The van der Waals surface area contributed by atoms with Crippen LogP contribution < -0.4 is 0 Å². The van der Waals surface area contributed by atoms with Crippen molar-refractivity contribution in [1.29, 1.82) is 0 Å². The van der Waals surface area contributed by atoms with Crippen molar-refractivity contribution in [1.82, 2.24) is 0 Å². The van der Waals surface area contributed by atoms with E-state index in [0.717, 1.165) is 0 Å². The van der Waals surface area contributed by atoms with Crippen LogP contribution >= 0.6 is 0 Å². The zero-order valence-electron chi connectivity index (χ0n) is 5.41. The molecule has 0 N–H and O–H groups in total. The highest BCUT2D eigenvalue weighted by Crippen LogP contribution is 2.15. The molecule has 0 bridgehead atoms. The van der Waals surface area contributed by atoms with Crippen molar-refractivity contribution in [3.05, 3.63) is 17.4 Å². The summed E-state index contributed by atoms with van der Waals surface area (Å²) in [5.74, 6) is 0. The van der Waals surface area contributed by atoms with Crippen LogP contribution in [-0.2, 0) is 0 Å². The Kier molecular flexibility index (Phi) is 1.93. The van der Waals surface area contributed by atoms with Crippen LogP contribution in [0.15, 0.2) is 17.4 Å². The second-order valence-corrected chi connectivity index (χ2v) is 2.24. The fourth-order valence-electron chi connectivity index (χ4n) is 1.03. The van der Waals surface area contributed by atoms with E-state index in [1.165, 1.54) is 31.3 Å². The molecule has 1 aliphatic carbocycles. The lowest BCUT2D eigenvalue weighted by molar-refractivity contribution is 0.850. The summed E-state index contributed by atoms with van der Waals surface area (Å²) in [7, 11) is 0. The number of hydrogen-bond acceptors (Lipinski definition) is 0. The van der Waals surface area contributed by atoms with Crippen LogP contribution in [0.5, 0.6) is 0 Å². The average molecular weight is 108 g/mol. The molecule has 0 radical (unpaired) electrons. The third-order valence-corrected chi connectivity index (χ3v) is 1.45. The first-order chi connectivity index (χ1) is 3.93. The molecule has 1 rings (SSSR count). The normalized spacial score (nSPS) is 16.9. The Labute approximate surface area is 50.9 Å². The minimum Gasteiger partial charge on any atom is -0.126 e. The highest BCUT2D eigenvalue weighted by Gasteiger charge is 1.96. The van der Waals surface area contributed by atoms with Crippen LogP contribution in [0.2, 0.25) is 0 Å². The summed E-state index contributed by atoms with van der Waals surface area (Å²) in [5, 5.41) is 0. The lowest BCUT2D eigenvalue weighted by Crippen LogP contribution is -1.74. The van der Waals surface area contributed by atoms with Gasteiger partial charge in [-0.1, -0.05) is 13.3 Å². The van der Waals surface area contributed by atoms with Gasteiger partial charge in [-0.25, -0.2) is 0 Å². The van der Waals surface area contributed by atoms with E-state index in [2.05, 4.69) is 18.7 Å². The summed E-state index contributed by atoms with van der Waals surface area (Å²) in [6.45, 7) is 2.22. The molecule has 0 aromatic carbocycles. The van der Waals surface area contributed by atoms with Gasteiger partial charge in [0.15, 0.2) is 0 Å². The van der Waals surface area contributed by atoms with Crippen LogP contribution in [0, 0.1) is 0 Å². The Morgan fingerprint density at radius 1 is 1.75 bits per heavy atom. The highest BCUT2D eigenvalue weighted by atomic mass is 14.0. The molecule has 0 spiro atoms. The van der Waals surface area contributed by atoms with Gasteiger partial charge in [-0.3, -0.25) is 0 Å². The third-order valence-electron chi connectivity index (χ3n) is 1.45. The zero-order chi connectivity index (χ0) is 5.82. The van der Waals surface area contributed by atoms with E-state index in [1.54, 1.807) is 0 Å². The fourth-order valence-corrected chi connectivity index (χ4v) is 1.03. The minimum atomic E-state index is 1.23. The molecule has 0 aromatic rings. The smallest absolute Gasteiger partial charge is 0.0203 e. The van der Waals surface area contributed by atoms with Crippen LogP contribution in [0.1, 0.15) is 32.6 Å². The van der Waals surface area contributed by atoms with Crippen molar-refractivity contribution >= 4 is 0 Å². The Balaban J connectivity index is 2.36. The van der Waals surface area contributed by atoms with Gasteiger partial charge in [0.25, 0.3) is 0 Å². The molecule has 0 aliphatic heterocycles. The summed E-state index contributed by atoms with van der Waals surface area (Å²) < 4.78 is 0. The number of rotatable bonds is 2. The first kappa shape index (κ1) is 5.65. The van der Waals surface area contributed by atoms with Gasteiger partial charge in [0.1, 0.15) is 0 Å². The van der Waals surface area contributed by atoms with Gasteiger partial charge in [-0.15, -0.1) is 5.73 Å². The van der Waals surface area contributed by atoms with Crippen molar-refractivity contribution in [2.24, 2.45) is 0 Å². The molecule has 8 heavy (non-hydrogen) atoms. The Morgan fingerprint density at radius 3 is 3.12 bits per heavy atom. The molecule has 0 fully saturated rings. The molecular formula is C8H12. The molecule has 1 aliphatic rings. The largest absolute Gasteiger partial charge is 0.126 e. The first-order valence-corrected chi connectivity index (χ1v) is 3.36. The molecular weight excluding hydrogens is 96.1 g/mol. The molecule has 0 saturated carbocycles. The second kappa shape index (κ2) is 2.74. The van der Waals surface area contributed by atoms with Gasteiger partial charge < -0.3 is 0 Å². The number of hydrogen-bond donors (Lipinski definition) is 0. The third kappa shape index (κ3) is 1.24. The van der Waals surface area contributed by atoms with Crippen LogP contribution in [0.3, 0.4) is 0 Å². The molecule has 0 atom stereocenters. The Morgan fingerprint density at radius 2 is 2.62 bits per heavy atom. The quantitative estimate of drug-likeness (QED) is 0.477. The Hall–Kier alpha value is -0.480. The van der Waals surface area contributed by atoms with Crippen molar-refractivity contribution in [3.8, 4) is 0 Å². The maximum absolute atomic E-state index is 3.25. The van der Waals surface area contributed by atoms with E-state index in [-0.39, 0.29) is 0 Å². The topological polar surface area (TPSA) is 0 Å². The van der Waals surface area contributed by atoms with Crippen molar-refractivity contribution in [2.45, 2.75) is 32.6 Å². The monoisotopic (exact) mass is 108 g/mol. The van der Waals surface area contributed by atoms with Crippen molar-refractivity contribution in [2.75, 3.05) is 0 Å². The lowest BCUT2D eigenvalue weighted by atomic mass is 10.1. The SMILES string of the molecule is CCCC1=C=CCC1. The van der Waals surface area contributed by atoms with Crippen LogP contribution in [0.25, 0.3) is 0 Å². The van der Waals surface area contributed by atoms with Gasteiger partial charge >= 0.3 is 0 Å². The van der Waals surface area contributed by atoms with Gasteiger partial charge in [0.05, 0.1) is 0 Å². The van der Waals surface area contributed by atoms with Crippen LogP contribution in [0.4, 0.5) is 0 Å². The van der Waals surface area contributed by atoms with E-state index >= 15 is 0 Å². The Bertz CT molecular complexity index is 125. The second-order valence-electron chi connectivity index (χ2n) is 2.24. The molecule has 0 heterocycles. The first-order valence-electron chi connectivity index (χ1n) is 3.36. The molecule has 0 amide bonds. The number of allylic oxidation sites excluding steroid dienone is 1. The standard InChI is InChI=1S/C8H12/c1-2-5-8-6-3-4-7-8/h3H,2,4-5,7H2,1H3. The highest BCUT2D eigenvalue weighted by molar-refractivity contribution is 5.08. The van der Waals surface area contributed by atoms with Gasteiger partial charge in [0, 0.05) is 0 Å². The van der Waals surface area contributed by atoms with Crippen molar-refractivity contribution < 1.29 is 0 Å². The van der Waals surface area contributed by atoms with Crippen molar-refractivity contribution in [3.63, 3.8) is 0 Å². The van der Waals surface area contributed by atoms with E-state index in [0.29, 0.717) is 0 Å². The summed E-state index contributed by atoms with van der Waals surface area (Å²) in [6.07, 6.45) is 7.18. The molecule has 0 saturated heterocycles. The van der Waals surface area contributed by atoms with E-state index in [1.807, 2.05) is 0 Å². The molecule has 0 nitrogen and oxygen atoms in total. The van der Waals surface area contributed by atoms with E-state index in [4.69, 9.17) is 0 Å². The van der Waals surface area contributed by atoms with E-state index in [9.17, 15) is 0 Å². The maximum atomic E-state index is 3.25. The molecule has 0 heteroatoms. The summed E-state index contributed by atoms with van der Waals surface area (Å²) in [4.78, 5) is 0. The minimum absolute atomic E-state index is 1.23. The average Bonchev–Trinajstić information content (AvgIpc) is 2.19. The summed E-state index contributed by atoms with van der Waals surface area (Å²) >= 11 is 0. The fraction of sp³-hybridized carbons (Fsp3) is 0.625. The summed E-state index contributed by atoms with van der Waals surface area (Å²) in [5.41, 5.74) is 4.77. The molecule has 0 unspecified atom stereocenters. The maximum Gasteiger partial charge on any atom is -0.0203 e. The van der Waals surface area contributed by atoms with Gasteiger partial charge in [-0.05, 0) is 30.9 Å². The summed E-state index contributed by atoms with van der Waals surface area (Å²) in [6, 6.07) is 0. The zero-order valence-corrected chi connectivity index (χ0v) is 5.41. The molecule has 44 valence electrons. The lowest BCUT2D eigenvalue weighted by Gasteiger charge is -1.92. The van der Waals surface area contributed by atoms with Gasteiger partial charge in [-0.2, -0.15) is 0 Å². The predicted octanol–water partition coefficient (Wildman–Crippen LogP) is 2.66. The molecule has 0 aromatic heterocycles. The van der Waals surface area contributed by atoms with E-state index < -0.39 is 0 Å². The van der Waals surface area contributed by atoms with Gasteiger partial charge in [0.2, 0.25) is 0 Å².